The number of hydrogen-bond donors (Lipinski definition) is 0. The third-order valence-electron chi connectivity index (χ3n) is 2.80. The molecule has 0 bridgehead atoms. The first kappa shape index (κ1) is 14.2. The van der Waals surface area contributed by atoms with Crippen LogP contribution >= 0.6 is 15.9 Å². The number of hydrogen-bond acceptors (Lipinski definition) is 1. The van der Waals surface area contributed by atoms with Crippen LogP contribution in [0.4, 0.5) is 8.78 Å². The van der Waals surface area contributed by atoms with Gasteiger partial charge in [-0.05, 0) is 58.4 Å². The summed E-state index contributed by atoms with van der Waals surface area (Å²) < 4.78 is 26.4. The van der Waals surface area contributed by atoms with Crippen molar-refractivity contribution in [2.75, 3.05) is 7.05 Å². The van der Waals surface area contributed by atoms with Crippen molar-refractivity contribution in [2.45, 2.75) is 13.1 Å². The van der Waals surface area contributed by atoms with Crippen molar-refractivity contribution in [1.29, 1.82) is 0 Å². The predicted molar refractivity (Wildman–Crippen MR) is 75.7 cm³/mol. The third-order valence-corrected chi connectivity index (χ3v) is 3.41. The van der Waals surface area contributed by atoms with Gasteiger partial charge < -0.3 is 0 Å². The fourth-order valence-electron chi connectivity index (χ4n) is 1.91. The van der Waals surface area contributed by atoms with E-state index < -0.39 is 0 Å². The molecule has 0 heterocycles. The van der Waals surface area contributed by atoms with Gasteiger partial charge in [0.25, 0.3) is 0 Å². The Balaban J connectivity index is 1.98. The molecule has 0 aliphatic heterocycles. The van der Waals surface area contributed by atoms with Crippen LogP contribution in [0, 0.1) is 11.6 Å². The summed E-state index contributed by atoms with van der Waals surface area (Å²) in [5.41, 5.74) is 2.07. The molecule has 1 nitrogen and oxygen atoms in total. The van der Waals surface area contributed by atoms with E-state index in [-0.39, 0.29) is 11.6 Å². The van der Waals surface area contributed by atoms with Crippen LogP contribution < -0.4 is 0 Å². The lowest BCUT2D eigenvalue weighted by Gasteiger charge is -2.17. The van der Waals surface area contributed by atoms with Crippen molar-refractivity contribution < 1.29 is 8.78 Å². The summed E-state index contributed by atoms with van der Waals surface area (Å²) in [6, 6.07) is 11.4. The van der Waals surface area contributed by atoms with Crippen LogP contribution in [0.15, 0.2) is 46.9 Å². The number of halogens is 3. The summed E-state index contributed by atoms with van der Waals surface area (Å²) in [4.78, 5) is 2.09. The van der Waals surface area contributed by atoms with Crippen molar-refractivity contribution in [3.8, 4) is 0 Å². The van der Waals surface area contributed by atoms with Crippen molar-refractivity contribution >= 4 is 15.9 Å². The Morgan fingerprint density at radius 2 is 1.53 bits per heavy atom. The number of nitrogens with zero attached hydrogens (tertiary/aromatic N) is 1. The maximum Gasteiger partial charge on any atom is 0.137 e. The maximum atomic E-state index is 13.1. The van der Waals surface area contributed by atoms with Crippen molar-refractivity contribution in [3.63, 3.8) is 0 Å². The van der Waals surface area contributed by atoms with Gasteiger partial charge in [-0.15, -0.1) is 0 Å². The average Bonchev–Trinajstić information content (AvgIpc) is 2.37. The summed E-state index contributed by atoms with van der Waals surface area (Å²) in [7, 11) is 1.97. The van der Waals surface area contributed by atoms with Gasteiger partial charge in [-0.2, -0.15) is 0 Å². The molecule has 0 atom stereocenters. The van der Waals surface area contributed by atoms with Gasteiger partial charge in [0.1, 0.15) is 11.6 Å². The first-order valence-corrected chi connectivity index (χ1v) is 6.71. The second-order valence-electron chi connectivity index (χ2n) is 4.55. The highest BCUT2D eigenvalue weighted by Crippen LogP contribution is 2.18. The van der Waals surface area contributed by atoms with Gasteiger partial charge in [0.05, 0.1) is 4.47 Å². The molecule has 100 valence electrons. The van der Waals surface area contributed by atoms with E-state index in [1.54, 1.807) is 24.3 Å². The standard InChI is InChI=1S/C15H14BrF2N/c1-19(9-11-2-5-13(17)6-3-11)10-12-4-7-15(18)14(16)8-12/h2-8H,9-10H2,1H3. The Hall–Kier alpha value is -1.26. The minimum Gasteiger partial charge on any atom is -0.298 e. The maximum absolute atomic E-state index is 13.1. The third kappa shape index (κ3) is 4.11. The van der Waals surface area contributed by atoms with E-state index in [1.165, 1.54) is 18.2 Å². The summed E-state index contributed by atoms with van der Waals surface area (Å²) >= 11 is 3.18. The fourth-order valence-corrected chi connectivity index (χ4v) is 2.33. The zero-order valence-electron chi connectivity index (χ0n) is 10.5. The largest absolute Gasteiger partial charge is 0.298 e. The monoisotopic (exact) mass is 325 g/mol. The topological polar surface area (TPSA) is 3.24 Å². The first-order valence-electron chi connectivity index (χ1n) is 5.91. The highest BCUT2D eigenvalue weighted by atomic mass is 79.9. The highest BCUT2D eigenvalue weighted by Gasteiger charge is 2.05. The molecule has 0 amide bonds. The molecule has 0 aliphatic carbocycles. The minimum absolute atomic E-state index is 0.228. The van der Waals surface area contributed by atoms with Crippen molar-refractivity contribution in [1.82, 2.24) is 4.90 Å². The molecule has 4 heteroatoms. The molecule has 2 aromatic carbocycles. The van der Waals surface area contributed by atoms with Gasteiger partial charge >= 0.3 is 0 Å². The van der Waals surface area contributed by atoms with Crippen LogP contribution in [0.1, 0.15) is 11.1 Å². The summed E-state index contributed by atoms with van der Waals surface area (Å²) in [5, 5.41) is 0. The molecule has 0 aromatic heterocycles. The first-order chi connectivity index (χ1) is 9.04. The zero-order valence-corrected chi connectivity index (χ0v) is 12.1. The van der Waals surface area contributed by atoms with Gasteiger partial charge in [0, 0.05) is 13.1 Å². The molecular weight excluding hydrogens is 312 g/mol. The number of rotatable bonds is 4. The van der Waals surface area contributed by atoms with E-state index in [0.29, 0.717) is 11.0 Å². The zero-order chi connectivity index (χ0) is 13.8. The molecule has 0 spiro atoms. The van der Waals surface area contributed by atoms with Crippen LogP contribution in [0.5, 0.6) is 0 Å². The van der Waals surface area contributed by atoms with Gasteiger partial charge in [-0.25, -0.2) is 8.78 Å². The lowest BCUT2D eigenvalue weighted by molar-refractivity contribution is 0.318. The van der Waals surface area contributed by atoms with Crippen LogP contribution in [0.25, 0.3) is 0 Å². The molecule has 0 unspecified atom stereocenters. The van der Waals surface area contributed by atoms with E-state index in [9.17, 15) is 8.78 Å². The SMILES string of the molecule is CN(Cc1ccc(F)cc1)Cc1ccc(F)c(Br)c1. The molecule has 19 heavy (non-hydrogen) atoms. The van der Waals surface area contributed by atoms with E-state index in [2.05, 4.69) is 20.8 Å². The summed E-state index contributed by atoms with van der Waals surface area (Å²) in [6.07, 6.45) is 0. The van der Waals surface area contributed by atoms with E-state index in [4.69, 9.17) is 0 Å². The number of benzene rings is 2. The molecule has 0 radical (unpaired) electrons. The fraction of sp³-hybridized carbons (Fsp3) is 0.200. The molecule has 2 rings (SSSR count). The summed E-state index contributed by atoms with van der Waals surface area (Å²) in [5.74, 6) is -0.487. The van der Waals surface area contributed by atoms with Crippen LogP contribution in [-0.4, -0.2) is 11.9 Å². The lowest BCUT2D eigenvalue weighted by Crippen LogP contribution is -2.17. The molecule has 0 saturated carbocycles. The van der Waals surface area contributed by atoms with E-state index in [1.807, 2.05) is 7.05 Å². The van der Waals surface area contributed by atoms with Crippen molar-refractivity contribution in [3.05, 3.63) is 69.7 Å². The second kappa shape index (κ2) is 6.26. The molecular formula is C15H14BrF2N. The smallest absolute Gasteiger partial charge is 0.137 e. The van der Waals surface area contributed by atoms with Gasteiger partial charge in [-0.1, -0.05) is 18.2 Å². The molecule has 0 saturated heterocycles. The molecule has 0 fully saturated rings. The van der Waals surface area contributed by atoms with Gasteiger partial charge in [0.15, 0.2) is 0 Å². The Morgan fingerprint density at radius 3 is 2.16 bits per heavy atom. The Labute approximate surface area is 120 Å². The lowest BCUT2D eigenvalue weighted by atomic mass is 10.2. The molecule has 0 N–H and O–H groups in total. The van der Waals surface area contributed by atoms with E-state index in [0.717, 1.165) is 17.7 Å². The van der Waals surface area contributed by atoms with Crippen LogP contribution in [-0.2, 0) is 13.1 Å². The normalized spacial score (nSPS) is 11.0. The van der Waals surface area contributed by atoms with Gasteiger partial charge in [-0.3, -0.25) is 4.90 Å². The van der Waals surface area contributed by atoms with Crippen LogP contribution in [0.2, 0.25) is 0 Å². The Bertz CT molecular complexity index is 555. The Kier molecular flexibility index (Phi) is 4.66. The predicted octanol–water partition coefficient (Wildman–Crippen LogP) is 4.36. The molecule has 0 aliphatic rings. The highest BCUT2D eigenvalue weighted by molar-refractivity contribution is 9.10. The quantitative estimate of drug-likeness (QED) is 0.807. The van der Waals surface area contributed by atoms with E-state index >= 15 is 0 Å². The van der Waals surface area contributed by atoms with Gasteiger partial charge in [0.2, 0.25) is 0 Å². The molecule has 2 aromatic rings. The minimum atomic E-state index is -0.259. The average molecular weight is 326 g/mol. The Morgan fingerprint density at radius 1 is 0.947 bits per heavy atom. The van der Waals surface area contributed by atoms with Crippen molar-refractivity contribution in [2.24, 2.45) is 0 Å². The van der Waals surface area contributed by atoms with Crippen LogP contribution in [0.3, 0.4) is 0 Å². The summed E-state index contributed by atoms with van der Waals surface area (Å²) in [6.45, 7) is 1.42. The second-order valence-corrected chi connectivity index (χ2v) is 5.40.